The summed E-state index contributed by atoms with van der Waals surface area (Å²) in [6, 6.07) is 4.04. The number of hydrogen-bond donors (Lipinski definition) is 1. The van der Waals surface area contributed by atoms with Crippen molar-refractivity contribution in [3.05, 3.63) is 34.3 Å². The van der Waals surface area contributed by atoms with E-state index in [1.165, 1.54) is 11.8 Å². The topological polar surface area (TPSA) is 61.6 Å². The maximum atomic E-state index is 11.5. The Morgan fingerprint density at radius 1 is 1.16 bits per heavy atom. The zero-order chi connectivity index (χ0) is 19.0. The average molecular weight is 361 g/mol. The van der Waals surface area contributed by atoms with E-state index in [0.29, 0.717) is 5.75 Å². The van der Waals surface area contributed by atoms with Gasteiger partial charge in [-0.15, -0.1) is 0 Å². The van der Waals surface area contributed by atoms with E-state index in [0.717, 1.165) is 27.9 Å². The summed E-state index contributed by atoms with van der Waals surface area (Å²) in [6.45, 7) is 13.7. The monoisotopic (exact) mass is 361 g/mol. The van der Waals surface area contributed by atoms with Crippen LogP contribution in [0, 0.1) is 13.8 Å². The average Bonchev–Trinajstić information content (AvgIpc) is 2.68. The molecular formula is C19H28BNO3S. The second kappa shape index (κ2) is 7.18. The summed E-state index contributed by atoms with van der Waals surface area (Å²) in [5.41, 5.74) is 10.1. The number of rotatable bonds is 4. The van der Waals surface area contributed by atoms with Gasteiger partial charge in [0, 0.05) is 18.4 Å². The van der Waals surface area contributed by atoms with Crippen LogP contribution < -0.4 is 5.73 Å². The normalized spacial score (nSPS) is 19.3. The Balaban J connectivity index is 2.40. The smallest absolute Gasteiger partial charge is 0.400 e. The van der Waals surface area contributed by atoms with E-state index in [-0.39, 0.29) is 5.12 Å². The van der Waals surface area contributed by atoms with Gasteiger partial charge < -0.3 is 15.0 Å². The van der Waals surface area contributed by atoms with Gasteiger partial charge in [-0.05, 0) is 75.8 Å². The number of carbonyl (C=O) groups excluding carboxylic acids is 1. The number of carbonyl (C=O) groups is 1. The Labute approximate surface area is 155 Å². The molecule has 1 aliphatic rings. The number of nitrogens with two attached hydrogens (primary N) is 1. The van der Waals surface area contributed by atoms with E-state index >= 15 is 0 Å². The van der Waals surface area contributed by atoms with Crippen molar-refractivity contribution >= 4 is 35.8 Å². The van der Waals surface area contributed by atoms with Crippen LogP contribution >= 0.6 is 11.8 Å². The molecule has 1 aromatic carbocycles. The van der Waals surface area contributed by atoms with Gasteiger partial charge in [0.05, 0.1) is 11.2 Å². The highest BCUT2D eigenvalue weighted by molar-refractivity contribution is 8.13. The van der Waals surface area contributed by atoms with Crippen molar-refractivity contribution in [3.8, 4) is 0 Å². The van der Waals surface area contributed by atoms with E-state index in [1.54, 1.807) is 6.92 Å². The highest BCUT2D eigenvalue weighted by Crippen LogP contribution is 2.39. The predicted molar refractivity (Wildman–Crippen MR) is 108 cm³/mol. The van der Waals surface area contributed by atoms with Gasteiger partial charge in [-0.3, -0.25) is 4.79 Å². The lowest BCUT2D eigenvalue weighted by atomic mass is 9.78. The highest BCUT2D eigenvalue weighted by Gasteiger charge is 2.52. The largest absolute Gasteiger partial charge is 0.491 e. The van der Waals surface area contributed by atoms with E-state index in [4.69, 9.17) is 15.0 Å². The van der Waals surface area contributed by atoms with Crippen LogP contribution in [0.4, 0.5) is 5.69 Å². The lowest BCUT2D eigenvalue weighted by molar-refractivity contribution is -0.109. The molecule has 136 valence electrons. The molecule has 0 saturated carbocycles. The van der Waals surface area contributed by atoms with Gasteiger partial charge in [-0.2, -0.15) is 0 Å². The molecule has 25 heavy (non-hydrogen) atoms. The van der Waals surface area contributed by atoms with E-state index < -0.39 is 18.3 Å². The van der Waals surface area contributed by atoms with Gasteiger partial charge in [-0.25, -0.2) is 0 Å². The van der Waals surface area contributed by atoms with Crippen molar-refractivity contribution in [2.24, 2.45) is 0 Å². The van der Waals surface area contributed by atoms with Gasteiger partial charge in [0.1, 0.15) is 0 Å². The third-order valence-corrected chi connectivity index (χ3v) is 5.88. The van der Waals surface area contributed by atoms with Crippen LogP contribution in [0.25, 0.3) is 6.08 Å². The number of nitrogen functional groups attached to an aromatic ring is 1. The van der Waals surface area contributed by atoms with Gasteiger partial charge in [0.15, 0.2) is 5.12 Å². The molecule has 0 radical (unpaired) electrons. The van der Waals surface area contributed by atoms with Gasteiger partial charge in [-0.1, -0.05) is 17.8 Å². The van der Waals surface area contributed by atoms with E-state index in [1.807, 2.05) is 47.6 Å². The fourth-order valence-electron chi connectivity index (χ4n) is 2.57. The first-order valence-corrected chi connectivity index (χ1v) is 9.48. The minimum atomic E-state index is -0.464. The van der Waals surface area contributed by atoms with Gasteiger partial charge in [0.2, 0.25) is 0 Å². The lowest BCUT2D eigenvalue weighted by Crippen LogP contribution is -2.41. The molecule has 0 bridgehead atoms. The van der Waals surface area contributed by atoms with E-state index in [9.17, 15) is 4.79 Å². The zero-order valence-corrected chi connectivity index (χ0v) is 17.0. The molecule has 1 saturated heterocycles. The van der Waals surface area contributed by atoms with Crippen molar-refractivity contribution in [3.63, 3.8) is 0 Å². The molecule has 0 aromatic heterocycles. The summed E-state index contributed by atoms with van der Waals surface area (Å²) in [4.78, 5) is 11.5. The van der Waals surface area contributed by atoms with Crippen molar-refractivity contribution in [2.75, 3.05) is 11.5 Å². The molecule has 2 N–H and O–H groups in total. The lowest BCUT2D eigenvalue weighted by Gasteiger charge is -2.32. The Hall–Kier alpha value is -1.24. The summed E-state index contributed by atoms with van der Waals surface area (Å²) in [7, 11) is -0.464. The first kappa shape index (κ1) is 20.1. The third-order valence-electron chi connectivity index (χ3n) is 4.99. The molecule has 0 amide bonds. The van der Waals surface area contributed by atoms with Crippen molar-refractivity contribution < 1.29 is 14.1 Å². The third kappa shape index (κ3) is 4.49. The summed E-state index contributed by atoms with van der Waals surface area (Å²) in [6.07, 6.45) is 2.07. The quantitative estimate of drug-likeness (QED) is 0.644. The van der Waals surface area contributed by atoms with Crippen molar-refractivity contribution in [1.29, 1.82) is 0 Å². The summed E-state index contributed by atoms with van der Waals surface area (Å²) in [5, 5.41) is 0.0765. The van der Waals surface area contributed by atoms with Crippen LogP contribution in [0.3, 0.4) is 0 Å². The Morgan fingerprint density at radius 2 is 1.72 bits per heavy atom. The molecule has 0 unspecified atom stereocenters. The second-order valence-electron chi connectivity index (χ2n) is 7.65. The Kier molecular flexibility index (Phi) is 5.76. The van der Waals surface area contributed by atoms with Crippen LogP contribution in [0.5, 0.6) is 0 Å². The molecule has 1 aromatic rings. The molecule has 0 atom stereocenters. The highest BCUT2D eigenvalue weighted by atomic mass is 32.2. The van der Waals surface area contributed by atoms with Gasteiger partial charge >= 0.3 is 7.12 Å². The molecule has 4 nitrogen and oxygen atoms in total. The standard InChI is InChI=1S/C19H28BNO3S/c1-12-9-17(21)13(2)8-15(12)10-16(11-25-14(3)22)20-23-18(4,5)19(6,7)24-20/h8-10H,11,21H2,1-7H3. The molecule has 1 aliphatic heterocycles. The number of hydrogen-bond acceptors (Lipinski definition) is 5. The van der Waals surface area contributed by atoms with Gasteiger partial charge in [0.25, 0.3) is 0 Å². The maximum absolute atomic E-state index is 11.5. The second-order valence-corrected chi connectivity index (χ2v) is 8.81. The zero-order valence-electron chi connectivity index (χ0n) is 16.2. The number of aryl methyl sites for hydroxylation is 2. The van der Waals surface area contributed by atoms with Crippen LogP contribution in [0.1, 0.15) is 51.3 Å². The molecule has 0 aliphatic carbocycles. The number of thioether (sulfide) groups is 1. The fourth-order valence-corrected chi connectivity index (χ4v) is 3.16. The first-order valence-electron chi connectivity index (χ1n) is 8.49. The number of benzene rings is 1. The maximum Gasteiger partial charge on any atom is 0.491 e. The minimum absolute atomic E-state index is 0.0765. The first-order chi connectivity index (χ1) is 11.4. The Morgan fingerprint density at radius 3 is 2.24 bits per heavy atom. The molecule has 1 heterocycles. The van der Waals surface area contributed by atoms with Crippen molar-refractivity contribution in [2.45, 2.75) is 59.7 Å². The van der Waals surface area contributed by atoms with Crippen LogP contribution in [0.15, 0.2) is 17.6 Å². The van der Waals surface area contributed by atoms with E-state index in [2.05, 4.69) is 12.1 Å². The Bertz CT molecular complexity index is 697. The van der Waals surface area contributed by atoms with Crippen LogP contribution in [0.2, 0.25) is 0 Å². The molecule has 2 rings (SSSR count). The molecule has 6 heteroatoms. The van der Waals surface area contributed by atoms with Crippen LogP contribution in [-0.2, 0) is 14.1 Å². The molecule has 1 fully saturated rings. The number of anilines is 1. The summed E-state index contributed by atoms with van der Waals surface area (Å²) < 4.78 is 12.4. The predicted octanol–water partition coefficient (Wildman–Crippen LogP) is 4.18. The van der Waals surface area contributed by atoms with Crippen LogP contribution in [-0.4, -0.2) is 29.2 Å². The summed E-state index contributed by atoms with van der Waals surface area (Å²) in [5.74, 6) is 0.537. The fraction of sp³-hybridized carbons (Fsp3) is 0.526. The molecule has 0 spiro atoms. The summed E-state index contributed by atoms with van der Waals surface area (Å²) >= 11 is 1.27. The SMILES string of the molecule is CC(=O)SCC(=Cc1cc(C)c(N)cc1C)B1OC(C)(C)C(C)(C)O1. The van der Waals surface area contributed by atoms with Crippen molar-refractivity contribution in [1.82, 2.24) is 0 Å². The molecular weight excluding hydrogens is 333 g/mol. The minimum Gasteiger partial charge on any atom is -0.400 e.